The molecule has 0 amide bonds. The number of benzene rings is 1. The minimum absolute atomic E-state index is 0. The number of aliphatic imine (C=N–C) groups is 1. The summed E-state index contributed by atoms with van der Waals surface area (Å²) in [6, 6.07) is 8.27. The first-order valence-electron chi connectivity index (χ1n) is 7.65. The molecule has 0 bridgehead atoms. The van der Waals surface area contributed by atoms with Crippen molar-refractivity contribution >= 4 is 35.6 Å². The summed E-state index contributed by atoms with van der Waals surface area (Å²) in [5, 5.41) is 3.49. The van der Waals surface area contributed by atoms with E-state index in [1.54, 1.807) is 7.11 Å². The van der Waals surface area contributed by atoms with Crippen molar-refractivity contribution in [3.8, 4) is 5.75 Å². The monoisotopic (exact) mass is 416 g/mol. The molecule has 122 valence electrons. The number of methoxy groups -OCH3 is 1. The van der Waals surface area contributed by atoms with Crippen molar-refractivity contribution in [2.24, 2.45) is 10.9 Å². The number of anilines is 1. The van der Waals surface area contributed by atoms with E-state index >= 15 is 0 Å². The van der Waals surface area contributed by atoms with Crippen LogP contribution in [0.25, 0.3) is 0 Å². The summed E-state index contributed by atoms with van der Waals surface area (Å²) in [6.45, 7) is 5.10. The van der Waals surface area contributed by atoms with Gasteiger partial charge in [-0.05, 0) is 24.5 Å². The highest BCUT2D eigenvalue weighted by Crippen LogP contribution is 2.31. The molecule has 1 saturated heterocycles. The summed E-state index contributed by atoms with van der Waals surface area (Å²) in [5.74, 6) is 2.67. The van der Waals surface area contributed by atoms with Gasteiger partial charge in [0, 0.05) is 33.2 Å². The van der Waals surface area contributed by atoms with Crippen molar-refractivity contribution in [1.82, 2.24) is 10.2 Å². The van der Waals surface area contributed by atoms with Crippen LogP contribution >= 0.6 is 24.0 Å². The van der Waals surface area contributed by atoms with Crippen molar-refractivity contribution < 1.29 is 4.74 Å². The second-order valence-electron chi connectivity index (χ2n) is 5.78. The fraction of sp³-hybridized carbons (Fsp3) is 0.562. The third-order valence-electron chi connectivity index (χ3n) is 4.32. The van der Waals surface area contributed by atoms with Gasteiger partial charge >= 0.3 is 0 Å². The van der Waals surface area contributed by atoms with Gasteiger partial charge in [-0.2, -0.15) is 0 Å². The summed E-state index contributed by atoms with van der Waals surface area (Å²) < 4.78 is 5.47. The van der Waals surface area contributed by atoms with E-state index in [0.717, 1.165) is 44.4 Å². The van der Waals surface area contributed by atoms with Gasteiger partial charge in [-0.3, -0.25) is 4.99 Å². The Hall–Kier alpha value is -1.18. The van der Waals surface area contributed by atoms with Gasteiger partial charge in [-0.15, -0.1) is 24.0 Å². The van der Waals surface area contributed by atoms with E-state index in [1.165, 1.54) is 12.1 Å². The van der Waals surface area contributed by atoms with Crippen molar-refractivity contribution in [3.05, 3.63) is 24.3 Å². The first kappa shape index (κ1) is 17.2. The van der Waals surface area contributed by atoms with Crippen LogP contribution in [0.4, 0.5) is 5.69 Å². The number of para-hydroxylation sites is 2. The quantitative estimate of drug-likeness (QED) is 0.763. The van der Waals surface area contributed by atoms with Crippen LogP contribution in [0.2, 0.25) is 0 Å². The number of nitrogens with one attached hydrogen (secondary N) is 1. The van der Waals surface area contributed by atoms with Gasteiger partial charge in [0.2, 0.25) is 0 Å². The summed E-state index contributed by atoms with van der Waals surface area (Å²) >= 11 is 0. The van der Waals surface area contributed by atoms with E-state index < -0.39 is 0 Å². The molecule has 0 aromatic heterocycles. The average Bonchev–Trinajstić information content (AvgIpc) is 3.14. The van der Waals surface area contributed by atoms with Crippen LogP contribution in [-0.2, 0) is 0 Å². The Labute approximate surface area is 149 Å². The van der Waals surface area contributed by atoms with Gasteiger partial charge in [-0.25, -0.2) is 0 Å². The lowest BCUT2D eigenvalue weighted by Gasteiger charge is -2.22. The van der Waals surface area contributed by atoms with E-state index in [-0.39, 0.29) is 24.0 Å². The molecule has 2 aliphatic heterocycles. The molecule has 3 rings (SSSR count). The Morgan fingerprint density at radius 1 is 1.32 bits per heavy atom. The highest BCUT2D eigenvalue weighted by atomic mass is 127. The molecule has 1 unspecified atom stereocenters. The highest BCUT2D eigenvalue weighted by Gasteiger charge is 2.25. The number of hydrogen-bond donors (Lipinski definition) is 1. The van der Waals surface area contributed by atoms with Crippen LogP contribution < -0.4 is 15.0 Å². The molecule has 2 aliphatic rings. The van der Waals surface area contributed by atoms with Crippen LogP contribution in [0.3, 0.4) is 0 Å². The number of halogens is 1. The number of likely N-dealkylation sites (N-methyl/N-ethyl adjacent to an activating group) is 1. The van der Waals surface area contributed by atoms with E-state index in [1.807, 2.05) is 12.1 Å². The minimum atomic E-state index is 0. The number of hydrogen-bond acceptors (Lipinski definition) is 5. The van der Waals surface area contributed by atoms with Gasteiger partial charge in [0.05, 0.1) is 19.3 Å². The molecule has 0 saturated carbocycles. The first-order valence-corrected chi connectivity index (χ1v) is 7.65. The van der Waals surface area contributed by atoms with Gasteiger partial charge in [0.25, 0.3) is 0 Å². The predicted molar refractivity (Wildman–Crippen MR) is 102 cm³/mol. The zero-order valence-electron chi connectivity index (χ0n) is 13.3. The Balaban J connectivity index is 0.00000176. The van der Waals surface area contributed by atoms with Crippen molar-refractivity contribution in [2.45, 2.75) is 6.42 Å². The lowest BCUT2D eigenvalue weighted by Crippen LogP contribution is -2.38. The topological polar surface area (TPSA) is 40.1 Å². The summed E-state index contributed by atoms with van der Waals surface area (Å²) in [6.07, 6.45) is 1.21. The third kappa shape index (κ3) is 3.77. The van der Waals surface area contributed by atoms with Crippen LogP contribution in [-0.4, -0.2) is 57.7 Å². The van der Waals surface area contributed by atoms with E-state index in [9.17, 15) is 0 Å². The predicted octanol–water partition coefficient (Wildman–Crippen LogP) is 2.03. The third-order valence-corrected chi connectivity index (χ3v) is 4.32. The largest absolute Gasteiger partial charge is 0.495 e. The molecule has 0 radical (unpaired) electrons. The molecule has 6 heteroatoms. The van der Waals surface area contributed by atoms with Gasteiger partial charge in [-0.1, -0.05) is 12.1 Å². The maximum atomic E-state index is 5.47. The Bertz CT molecular complexity index is 523. The van der Waals surface area contributed by atoms with Crippen molar-refractivity contribution in [1.29, 1.82) is 0 Å². The number of guanidine groups is 1. The molecular formula is C16H25IN4O. The smallest absolute Gasteiger partial charge is 0.193 e. The normalized spacial score (nSPS) is 20.6. The second kappa shape index (κ2) is 7.89. The molecule has 5 nitrogen and oxygen atoms in total. The fourth-order valence-corrected chi connectivity index (χ4v) is 3.07. The van der Waals surface area contributed by atoms with Crippen LogP contribution in [0, 0.1) is 5.92 Å². The molecular weight excluding hydrogens is 391 g/mol. The Morgan fingerprint density at radius 2 is 2.14 bits per heavy atom. The van der Waals surface area contributed by atoms with E-state index in [0.29, 0.717) is 5.92 Å². The molecule has 1 aromatic rings. The van der Waals surface area contributed by atoms with Crippen LogP contribution in [0.15, 0.2) is 29.3 Å². The Kier molecular flexibility index (Phi) is 6.16. The van der Waals surface area contributed by atoms with Crippen LogP contribution in [0.1, 0.15) is 6.42 Å². The second-order valence-corrected chi connectivity index (χ2v) is 5.78. The zero-order valence-corrected chi connectivity index (χ0v) is 15.6. The standard InChI is InChI=1S/C16H24N4O.HI/c1-19-10-8-17-16(19)18-11-13-7-9-20(12-13)14-5-3-4-6-15(14)21-2;/h3-6,13H,7-12H2,1-2H3,(H,17,18);1H. The summed E-state index contributed by atoms with van der Waals surface area (Å²) in [4.78, 5) is 9.09. The van der Waals surface area contributed by atoms with Gasteiger partial charge in [0.1, 0.15) is 5.75 Å². The lowest BCUT2D eigenvalue weighted by atomic mass is 10.1. The molecule has 1 atom stereocenters. The fourth-order valence-electron chi connectivity index (χ4n) is 3.07. The zero-order chi connectivity index (χ0) is 14.7. The first-order chi connectivity index (χ1) is 10.3. The maximum absolute atomic E-state index is 5.47. The molecule has 0 spiro atoms. The SMILES string of the molecule is COc1ccccc1N1CCC(CNC2=NCCN2C)C1.I. The molecule has 22 heavy (non-hydrogen) atoms. The average molecular weight is 416 g/mol. The number of rotatable bonds is 4. The van der Waals surface area contributed by atoms with Gasteiger partial charge in [0.15, 0.2) is 5.96 Å². The Morgan fingerprint density at radius 3 is 2.86 bits per heavy atom. The van der Waals surface area contributed by atoms with Crippen molar-refractivity contribution in [2.75, 3.05) is 51.8 Å². The van der Waals surface area contributed by atoms with Crippen molar-refractivity contribution in [3.63, 3.8) is 0 Å². The van der Waals surface area contributed by atoms with Gasteiger partial charge < -0.3 is 19.9 Å². The molecule has 1 N–H and O–H groups in total. The van der Waals surface area contributed by atoms with E-state index in [4.69, 9.17) is 4.74 Å². The highest BCUT2D eigenvalue weighted by molar-refractivity contribution is 14.0. The number of nitrogens with zero attached hydrogens (tertiary/aromatic N) is 3. The molecule has 1 fully saturated rings. The maximum Gasteiger partial charge on any atom is 0.193 e. The van der Waals surface area contributed by atoms with E-state index in [2.05, 4.69) is 39.3 Å². The molecule has 2 heterocycles. The summed E-state index contributed by atoms with van der Waals surface area (Å²) in [7, 11) is 3.83. The molecule has 0 aliphatic carbocycles. The van der Waals surface area contributed by atoms with Crippen LogP contribution in [0.5, 0.6) is 5.75 Å². The minimum Gasteiger partial charge on any atom is -0.495 e. The summed E-state index contributed by atoms with van der Waals surface area (Å²) in [5.41, 5.74) is 1.21. The number of ether oxygens (including phenoxy) is 1. The lowest BCUT2D eigenvalue weighted by molar-refractivity contribution is 0.414. The molecule has 1 aromatic carbocycles.